The van der Waals surface area contributed by atoms with Crippen LogP contribution in [0.25, 0.3) is 5.69 Å². The molecular weight excluding hydrogens is 275 g/mol. The maximum Gasteiger partial charge on any atom is 0.254 e. The quantitative estimate of drug-likeness (QED) is 0.835. The Bertz CT molecular complexity index is 644. The number of aromatic nitrogens is 3. The highest BCUT2D eigenvalue weighted by atomic mass is 19.1. The first kappa shape index (κ1) is 13.7. The molecule has 1 amide bonds. The van der Waals surface area contributed by atoms with Gasteiger partial charge in [-0.1, -0.05) is 0 Å². The molecule has 0 unspecified atom stereocenters. The second kappa shape index (κ2) is 5.61. The van der Waals surface area contributed by atoms with E-state index in [0.717, 1.165) is 0 Å². The average molecular weight is 290 g/mol. The van der Waals surface area contributed by atoms with Crippen LogP contribution in [-0.2, 0) is 4.74 Å². The van der Waals surface area contributed by atoms with E-state index in [2.05, 4.69) is 10.1 Å². The summed E-state index contributed by atoms with van der Waals surface area (Å²) in [6, 6.07) is 4.36. The van der Waals surface area contributed by atoms with Crippen molar-refractivity contribution in [2.45, 2.75) is 13.0 Å². The topological polar surface area (TPSA) is 60.2 Å². The van der Waals surface area contributed by atoms with Crippen molar-refractivity contribution in [1.29, 1.82) is 0 Å². The smallest absolute Gasteiger partial charge is 0.254 e. The summed E-state index contributed by atoms with van der Waals surface area (Å²) in [5.74, 6) is -0.692. The van der Waals surface area contributed by atoms with Crippen molar-refractivity contribution >= 4 is 5.91 Å². The molecule has 1 aliphatic heterocycles. The Morgan fingerprint density at radius 2 is 2.33 bits per heavy atom. The number of amides is 1. The van der Waals surface area contributed by atoms with Crippen molar-refractivity contribution in [2.75, 3.05) is 19.8 Å². The molecule has 0 radical (unpaired) electrons. The Balaban J connectivity index is 1.86. The molecule has 2 aromatic rings. The summed E-state index contributed by atoms with van der Waals surface area (Å²) < 4.78 is 20.8. The van der Waals surface area contributed by atoms with Crippen LogP contribution in [0, 0.1) is 5.82 Å². The Labute approximate surface area is 121 Å². The van der Waals surface area contributed by atoms with Crippen LogP contribution in [0.1, 0.15) is 17.3 Å². The third-order valence-electron chi connectivity index (χ3n) is 3.49. The fourth-order valence-corrected chi connectivity index (χ4v) is 2.35. The number of nitrogens with zero attached hydrogens (tertiary/aromatic N) is 4. The molecular formula is C14H15FN4O2. The third-order valence-corrected chi connectivity index (χ3v) is 3.49. The van der Waals surface area contributed by atoms with Gasteiger partial charge < -0.3 is 9.64 Å². The molecule has 7 heteroatoms. The van der Waals surface area contributed by atoms with Gasteiger partial charge >= 0.3 is 0 Å². The first-order chi connectivity index (χ1) is 10.2. The molecule has 0 aliphatic carbocycles. The number of hydrogen-bond donors (Lipinski definition) is 0. The van der Waals surface area contributed by atoms with E-state index >= 15 is 0 Å². The van der Waals surface area contributed by atoms with Crippen molar-refractivity contribution < 1.29 is 13.9 Å². The monoisotopic (exact) mass is 290 g/mol. The summed E-state index contributed by atoms with van der Waals surface area (Å²) in [4.78, 5) is 17.9. The number of morpholine rings is 1. The molecule has 110 valence electrons. The molecule has 1 atom stereocenters. The summed E-state index contributed by atoms with van der Waals surface area (Å²) in [6.45, 7) is 3.45. The predicted molar refractivity (Wildman–Crippen MR) is 72.6 cm³/mol. The average Bonchev–Trinajstić information content (AvgIpc) is 3.01. The minimum Gasteiger partial charge on any atom is -0.377 e. The SMILES string of the molecule is C[C@H]1COCCN1C(=O)c1ccc(-n2cncn2)c(F)c1. The predicted octanol–water partition coefficient (Wildman–Crippen LogP) is 1.27. The van der Waals surface area contributed by atoms with Gasteiger partial charge in [-0.3, -0.25) is 4.79 Å². The largest absolute Gasteiger partial charge is 0.377 e. The number of carbonyl (C=O) groups is 1. The van der Waals surface area contributed by atoms with Gasteiger partial charge in [-0.15, -0.1) is 0 Å². The Morgan fingerprint density at radius 1 is 1.48 bits per heavy atom. The molecule has 1 aliphatic rings. The van der Waals surface area contributed by atoms with E-state index in [1.54, 1.807) is 11.0 Å². The van der Waals surface area contributed by atoms with Crippen LogP contribution in [0.4, 0.5) is 4.39 Å². The van der Waals surface area contributed by atoms with Crippen molar-refractivity contribution in [3.8, 4) is 5.69 Å². The van der Waals surface area contributed by atoms with Gasteiger partial charge in [-0.05, 0) is 25.1 Å². The van der Waals surface area contributed by atoms with Crippen LogP contribution in [0.2, 0.25) is 0 Å². The maximum absolute atomic E-state index is 14.2. The van der Waals surface area contributed by atoms with E-state index in [0.29, 0.717) is 25.3 Å². The van der Waals surface area contributed by atoms with Gasteiger partial charge in [0.2, 0.25) is 0 Å². The minimum atomic E-state index is -0.507. The fraction of sp³-hybridized carbons (Fsp3) is 0.357. The van der Waals surface area contributed by atoms with Gasteiger partial charge in [-0.25, -0.2) is 14.1 Å². The maximum atomic E-state index is 14.2. The van der Waals surface area contributed by atoms with Gasteiger partial charge in [-0.2, -0.15) is 5.10 Å². The van der Waals surface area contributed by atoms with E-state index in [4.69, 9.17) is 4.74 Å². The first-order valence-corrected chi connectivity index (χ1v) is 6.70. The van der Waals surface area contributed by atoms with Gasteiger partial charge in [0.05, 0.1) is 19.3 Å². The number of halogens is 1. The van der Waals surface area contributed by atoms with E-state index in [1.165, 1.54) is 29.5 Å². The number of carbonyl (C=O) groups excluding carboxylic acids is 1. The zero-order valence-electron chi connectivity index (χ0n) is 11.6. The number of ether oxygens (including phenoxy) is 1. The van der Waals surface area contributed by atoms with E-state index in [9.17, 15) is 9.18 Å². The number of hydrogen-bond acceptors (Lipinski definition) is 4. The molecule has 0 saturated carbocycles. The Hall–Kier alpha value is -2.28. The Morgan fingerprint density at radius 3 is 3.00 bits per heavy atom. The highest BCUT2D eigenvalue weighted by Crippen LogP contribution is 2.17. The molecule has 6 nitrogen and oxygen atoms in total. The highest BCUT2D eigenvalue weighted by molar-refractivity contribution is 5.94. The van der Waals surface area contributed by atoms with Crippen LogP contribution in [0.15, 0.2) is 30.9 Å². The number of benzene rings is 1. The lowest BCUT2D eigenvalue weighted by molar-refractivity contribution is 0.00357. The van der Waals surface area contributed by atoms with Crippen molar-refractivity contribution in [2.24, 2.45) is 0 Å². The number of rotatable bonds is 2. The zero-order valence-corrected chi connectivity index (χ0v) is 11.6. The lowest BCUT2D eigenvalue weighted by Gasteiger charge is -2.33. The van der Waals surface area contributed by atoms with Crippen molar-refractivity contribution in [3.05, 3.63) is 42.2 Å². The lowest BCUT2D eigenvalue weighted by Crippen LogP contribution is -2.47. The van der Waals surface area contributed by atoms with Gasteiger partial charge in [0.25, 0.3) is 5.91 Å². The Kier molecular flexibility index (Phi) is 3.66. The second-order valence-corrected chi connectivity index (χ2v) is 4.93. The van der Waals surface area contributed by atoms with Crippen molar-refractivity contribution in [1.82, 2.24) is 19.7 Å². The van der Waals surface area contributed by atoms with Crippen LogP contribution in [0.3, 0.4) is 0 Å². The van der Waals surface area contributed by atoms with Gasteiger partial charge in [0.15, 0.2) is 0 Å². The van der Waals surface area contributed by atoms with Crippen LogP contribution in [-0.4, -0.2) is 51.4 Å². The molecule has 1 aromatic carbocycles. The molecule has 0 spiro atoms. The molecule has 21 heavy (non-hydrogen) atoms. The molecule has 0 N–H and O–H groups in total. The summed E-state index contributed by atoms with van der Waals surface area (Å²) in [7, 11) is 0. The summed E-state index contributed by atoms with van der Waals surface area (Å²) in [5.41, 5.74) is 0.587. The van der Waals surface area contributed by atoms with E-state index < -0.39 is 5.82 Å². The first-order valence-electron chi connectivity index (χ1n) is 6.70. The lowest BCUT2D eigenvalue weighted by atomic mass is 10.1. The summed E-state index contributed by atoms with van der Waals surface area (Å²) >= 11 is 0. The fourth-order valence-electron chi connectivity index (χ4n) is 2.35. The van der Waals surface area contributed by atoms with Crippen LogP contribution < -0.4 is 0 Å². The van der Waals surface area contributed by atoms with Crippen LogP contribution in [0.5, 0.6) is 0 Å². The normalized spacial score (nSPS) is 18.8. The zero-order chi connectivity index (χ0) is 14.8. The van der Waals surface area contributed by atoms with Crippen molar-refractivity contribution in [3.63, 3.8) is 0 Å². The van der Waals surface area contributed by atoms with Gasteiger partial charge in [0, 0.05) is 12.1 Å². The standard InChI is InChI=1S/C14H15FN4O2/c1-10-7-21-5-4-18(10)14(20)11-2-3-13(12(15)6-11)19-9-16-8-17-19/h2-3,6,8-10H,4-5,7H2,1H3/t10-/m0/s1. The van der Waals surface area contributed by atoms with E-state index in [-0.39, 0.29) is 17.6 Å². The molecule has 3 rings (SSSR count). The highest BCUT2D eigenvalue weighted by Gasteiger charge is 2.25. The molecule has 0 bridgehead atoms. The second-order valence-electron chi connectivity index (χ2n) is 4.93. The summed E-state index contributed by atoms with van der Waals surface area (Å²) in [6.07, 6.45) is 2.73. The summed E-state index contributed by atoms with van der Waals surface area (Å²) in [5, 5.41) is 3.88. The van der Waals surface area contributed by atoms with Gasteiger partial charge in [0.1, 0.15) is 24.2 Å². The molecule has 1 saturated heterocycles. The molecule has 2 heterocycles. The molecule has 1 fully saturated rings. The minimum absolute atomic E-state index is 0.00990. The van der Waals surface area contributed by atoms with E-state index in [1.807, 2.05) is 6.92 Å². The van der Waals surface area contributed by atoms with Crippen LogP contribution >= 0.6 is 0 Å². The third kappa shape index (κ3) is 2.64. The molecule has 1 aromatic heterocycles.